The molecule has 1 saturated carbocycles. The van der Waals surface area contributed by atoms with Crippen molar-refractivity contribution in [2.45, 2.75) is 63.6 Å². The molecular weight excluding hydrogens is 555 g/mol. The van der Waals surface area contributed by atoms with Gasteiger partial charge in [-0.05, 0) is 30.0 Å². The van der Waals surface area contributed by atoms with Crippen molar-refractivity contribution in [1.82, 2.24) is 21.3 Å². The molecule has 1 heterocycles. The van der Waals surface area contributed by atoms with Gasteiger partial charge in [0.05, 0.1) is 19.8 Å². The van der Waals surface area contributed by atoms with E-state index >= 15 is 0 Å². The average molecular weight is 595 g/mol. The Morgan fingerprint density at radius 2 is 1.78 bits per heavy atom. The zero-order chi connectivity index (χ0) is 29.6. The third-order valence-electron chi connectivity index (χ3n) is 6.86. The quantitative estimate of drug-likeness (QED) is 0.392. The maximum Gasteiger partial charge on any atom is 0.246 e. The molecule has 11 nitrogen and oxygen atoms in total. The third-order valence-corrected chi connectivity index (χ3v) is 7.93. The van der Waals surface area contributed by atoms with Crippen LogP contribution in [0.1, 0.15) is 44.6 Å². The summed E-state index contributed by atoms with van der Waals surface area (Å²) in [5, 5.41) is 10.3. The lowest BCUT2D eigenvalue weighted by molar-refractivity contribution is -0.133. The molecule has 1 aliphatic carbocycles. The number of carbonyl (C=O) groups is 5. The molecular formula is C28H39FN4O7S. The second-order valence-electron chi connectivity index (χ2n) is 10.2. The summed E-state index contributed by atoms with van der Waals surface area (Å²) in [6.07, 6.45) is 4.41. The number of benzene rings is 1. The van der Waals surface area contributed by atoms with Crippen molar-refractivity contribution in [2.24, 2.45) is 5.92 Å². The van der Waals surface area contributed by atoms with Crippen molar-refractivity contribution in [2.75, 3.05) is 38.7 Å². The lowest BCUT2D eigenvalue weighted by atomic mass is 9.97. The van der Waals surface area contributed by atoms with E-state index in [1.54, 1.807) is 6.07 Å². The molecule has 0 aromatic heterocycles. The Labute approximate surface area is 243 Å². The van der Waals surface area contributed by atoms with Crippen LogP contribution in [0.2, 0.25) is 0 Å². The largest absolute Gasteiger partial charge is 0.377 e. The highest BCUT2D eigenvalue weighted by Gasteiger charge is 2.31. The van der Waals surface area contributed by atoms with Crippen molar-refractivity contribution in [3.8, 4) is 0 Å². The molecule has 2 fully saturated rings. The van der Waals surface area contributed by atoms with Gasteiger partial charge in [-0.25, -0.2) is 4.39 Å². The van der Waals surface area contributed by atoms with Crippen LogP contribution in [-0.2, 0) is 39.9 Å². The molecule has 226 valence electrons. The number of rotatable bonds is 5. The van der Waals surface area contributed by atoms with Crippen LogP contribution < -0.4 is 21.3 Å². The first-order valence-electron chi connectivity index (χ1n) is 13.9. The maximum atomic E-state index is 13.9. The van der Waals surface area contributed by atoms with Gasteiger partial charge in [0.15, 0.2) is 0 Å². The second kappa shape index (κ2) is 17.0. The van der Waals surface area contributed by atoms with Gasteiger partial charge in [0.25, 0.3) is 0 Å². The van der Waals surface area contributed by atoms with E-state index < -0.39 is 52.7 Å². The van der Waals surface area contributed by atoms with Crippen LogP contribution in [0.4, 0.5) is 4.39 Å². The highest BCUT2D eigenvalue weighted by atomic mass is 32.2. The van der Waals surface area contributed by atoms with Crippen LogP contribution in [-0.4, -0.2) is 85.6 Å². The zero-order valence-electron chi connectivity index (χ0n) is 23.2. The fourth-order valence-electron chi connectivity index (χ4n) is 4.86. The van der Waals surface area contributed by atoms with Gasteiger partial charge in [0.1, 0.15) is 30.5 Å². The lowest BCUT2D eigenvalue weighted by Crippen LogP contribution is -2.53. The molecule has 1 aliphatic heterocycles. The smallest absolute Gasteiger partial charge is 0.246 e. The predicted molar refractivity (Wildman–Crippen MR) is 150 cm³/mol. The molecule has 4 N–H and O–H groups in total. The first-order chi connectivity index (χ1) is 19.7. The third kappa shape index (κ3) is 11.8. The maximum absolute atomic E-state index is 13.9. The summed E-state index contributed by atoms with van der Waals surface area (Å²) in [5.74, 6) is -2.24. The standard InChI is InChI=1S/C28H39FN4O7S/c1-18(34)31-24-17-41-28(38)23(15-20-7-4-8-21(29)13-20)33-27(37)22(14-19-5-2-3-6-19)32-25(35)16-40-12-11-39-10-9-30-26(24)36/h4,7-8,13,19,22-24H,2-3,5-6,9-12,14-17H2,1H3,(H,30,36)(H,31,34)(H,32,35)(H,33,37)/t22-,23-,24-/m0/s1. The van der Waals surface area contributed by atoms with Gasteiger partial charge in [-0.2, -0.15) is 0 Å². The minimum Gasteiger partial charge on any atom is -0.377 e. The van der Waals surface area contributed by atoms with Crippen LogP contribution in [0.3, 0.4) is 0 Å². The molecule has 3 rings (SSSR count). The topological polar surface area (TPSA) is 152 Å². The van der Waals surface area contributed by atoms with Crippen LogP contribution in [0.5, 0.6) is 0 Å². The first kappa shape index (κ1) is 32.5. The Morgan fingerprint density at radius 3 is 2.51 bits per heavy atom. The van der Waals surface area contributed by atoms with E-state index in [9.17, 15) is 28.4 Å². The van der Waals surface area contributed by atoms with E-state index in [4.69, 9.17) is 9.47 Å². The Kier molecular flexibility index (Phi) is 13.5. The first-order valence-corrected chi connectivity index (χ1v) is 14.9. The molecule has 1 saturated heterocycles. The van der Waals surface area contributed by atoms with Gasteiger partial charge in [-0.3, -0.25) is 24.0 Å². The predicted octanol–water partition coefficient (Wildman–Crippen LogP) is 0.846. The Bertz CT molecular complexity index is 1070. The number of halogens is 1. The van der Waals surface area contributed by atoms with Crippen molar-refractivity contribution in [3.63, 3.8) is 0 Å². The zero-order valence-corrected chi connectivity index (χ0v) is 24.1. The highest BCUT2D eigenvalue weighted by Crippen LogP contribution is 2.28. The van der Waals surface area contributed by atoms with Crippen LogP contribution >= 0.6 is 11.8 Å². The summed E-state index contributed by atoms with van der Waals surface area (Å²) in [6.45, 7) is 1.66. The summed E-state index contributed by atoms with van der Waals surface area (Å²) >= 11 is 0.784. The molecule has 0 bridgehead atoms. The number of thioether (sulfide) groups is 1. The summed E-state index contributed by atoms with van der Waals surface area (Å²) < 4.78 is 24.7. The van der Waals surface area contributed by atoms with Crippen LogP contribution in [0.15, 0.2) is 24.3 Å². The lowest BCUT2D eigenvalue weighted by Gasteiger charge is -2.25. The van der Waals surface area contributed by atoms with E-state index in [0.29, 0.717) is 12.0 Å². The molecule has 13 heteroatoms. The normalized spacial score (nSPS) is 24.8. The number of hydrogen-bond donors (Lipinski definition) is 4. The van der Waals surface area contributed by atoms with Gasteiger partial charge in [0, 0.05) is 25.6 Å². The molecule has 1 aromatic carbocycles. The summed E-state index contributed by atoms with van der Waals surface area (Å²) in [4.78, 5) is 64.0. The SMILES string of the molecule is CC(=O)N[C@H]1CSC(=O)[C@H](Cc2cccc(F)c2)NC(=O)[C@H](CC2CCCC2)NC(=O)COCCOCCNC1=O. The van der Waals surface area contributed by atoms with Gasteiger partial charge in [-0.15, -0.1) is 0 Å². The summed E-state index contributed by atoms with van der Waals surface area (Å²) in [5.41, 5.74) is 0.489. The number of hydrogen-bond acceptors (Lipinski definition) is 8. The fourth-order valence-corrected chi connectivity index (χ4v) is 5.77. The Balaban J connectivity index is 1.83. The van der Waals surface area contributed by atoms with E-state index in [0.717, 1.165) is 37.4 Å². The molecule has 41 heavy (non-hydrogen) atoms. The van der Waals surface area contributed by atoms with Crippen molar-refractivity contribution in [1.29, 1.82) is 0 Å². The van der Waals surface area contributed by atoms with Crippen LogP contribution in [0.25, 0.3) is 0 Å². The molecule has 4 amide bonds. The molecule has 0 radical (unpaired) electrons. The van der Waals surface area contributed by atoms with Gasteiger partial charge < -0.3 is 30.7 Å². The molecule has 0 spiro atoms. The van der Waals surface area contributed by atoms with Crippen molar-refractivity contribution in [3.05, 3.63) is 35.6 Å². The van der Waals surface area contributed by atoms with E-state index in [-0.39, 0.29) is 51.1 Å². The van der Waals surface area contributed by atoms with Gasteiger partial charge in [-0.1, -0.05) is 49.6 Å². The van der Waals surface area contributed by atoms with E-state index in [2.05, 4.69) is 21.3 Å². The number of ether oxygens (including phenoxy) is 2. The van der Waals surface area contributed by atoms with E-state index in [1.807, 2.05) is 0 Å². The van der Waals surface area contributed by atoms with Crippen molar-refractivity contribution >= 4 is 40.5 Å². The second-order valence-corrected chi connectivity index (χ2v) is 11.3. The Hall–Kier alpha value is -3.03. The molecule has 0 unspecified atom stereocenters. The summed E-state index contributed by atoms with van der Waals surface area (Å²) in [7, 11) is 0. The summed E-state index contributed by atoms with van der Waals surface area (Å²) in [6, 6.07) is 2.74. The number of amides is 4. The minimum absolute atomic E-state index is 0.00310. The molecule has 2 aliphatic rings. The van der Waals surface area contributed by atoms with Gasteiger partial charge in [0.2, 0.25) is 28.7 Å². The van der Waals surface area contributed by atoms with E-state index in [1.165, 1.54) is 25.1 Å². The monoisotopic (exact) mass is 594 g/mol. The number of nitrogens with one attached hydrogen (secondary N) is 4. The van der Waals surface area contributed by atoms with Crippen molar-refractivity contribution < 1.29 is 37.8 Å². The molecule has 1 aromatic rings. The number of carbonyl (C=O) groups excluding carboxylic acids is 5. The molecule has 3 atom stereocenters. The average Bonchev–Trinajstić information content (AvgIpc) is 3.44. The van der Waals surface area contributed by atoms with Crippen LogP contribution in [0, 0.1) is 11.7 Å². The van der Waals surface area contributed by atoms with Gasteiger partial charge >= 0.3 is 0 Å². The Morgan fingerprint density at radius 1 is 1.02 bits per heavy atom. The minimum atomic E-state index is -1.08. The highest BCUT2D eigenvalue weighted by molar-refractivity contribution is 8.13. The fraction of sp³-hybridized carbons (Fsp3) is 0.607.